The fourth-order valence-electron chi connectivity index (χ4n) is 4.26. The number of anilines is 1. The molecule has 2 saturated heterocycles. The van der Waals surface area contributed by atoms with E-state index < -0.39 is 17.7 Å². The van der Waals surface area contributed by atoms with Gasteiger partial charge in [-0.2, -0.15) is 0 Å². The largest absolute Gasteiger partial charge is 0.464 e. The van der Waals surface area contributed by atoms with Crippen molar-refractivity contribution in [2.75, 3.05) is 31.7 Å². The van der Waals surface area contributed by atoms with E-state index in [1.807, 2.05) is 33.8 Å². The number of alkyl carbamates (subject to hydrolysis) is 1. The van der Waals surface area contributed by atoms with Gasteiger partial charge in [-0.1, -0.05) is 0 Å². The number of pyridine rings is 1. The van der Waals surface area contributed by atoms with Crippen LogP contribution in [0.1, 0.15) is 51.0 Å². The standard InChI is InChI=1S/C21H30BrN3O5/c1-13-17(24-19(27)30-20(2,3)4)21(12-29-13)6-8-25(9-7-21)15-10-14(22)11-23-16(15)18(26)28-5/h10-11,13,17H,6-9,12H2,1-5H3,(H,24,27)/t13-,17+/m0/s1. The van der Waals surface area contributed by atoms with Crippen LogP contribution in [0.4, 0.5) is 10.5 Å². The number of hydrogen-bond donors (Lipinski definition) is 1. The van der Waals surface area contributed by atoms with Crippen molar-refractivity contribution in [1.82, 2.24) is 10.3 Å². The number of carbonyl (C=O) groups excluding carboxylic acids is 2. The van der Waals surface area contributed by atoms with Crippen LogP contribution in [0, 0.1) is 5.41 Å². The molecule has 0 aliphatic carbocycles. The lowest BCUT2D eigenvalue weighted by Gasteiger charge is -2.43. The average molecular weight is 484 g/mol. The Morgan fingerprint density at radius 3 is 2.60 bits per heavy atom. The first-order valence-electron chi connectivity index (χ1n) is 10.1. The van der Waals surface area contributed by atoms with Crippen LogP contribution in [0.15, 0.2) is 16.7 Å². The van der Waals surface area contributed by atoms with E-state index in [4.69, 9.17) is 14.2 Å². The molecule has 0 saturated carbocycles. The first-order valence-corrected chi connectivity index (χ1v) is 10.9. The first kappa shape index (κ1) is 22.8. The van der Waals surface area contributed by atoms with Gasteiger partial charge in [0.15, 0.2) is 5.69 Å². The maximum atomic E-state index is 12.4. The second-order valence-corrected chi connectivity index (χ2v) is 9.92. The molecule has 1 N–H and O–H groups in total. The fraction of sp³-hybridized carbons (Fsp3) is 0.667. The van der Waals surface area contributed by atoms with Gasteiger partial charge in [0, 0.05) is 29.2 Å². The van der Waals surface area contributed by atoms with Crippen molar-refractivity contribution in [2.45, 2.75) is 58.3 Å². The maximum absolute atomic E-state index is 12.4. The van der Waals surface area contributed by atoms with E-state index >= 15 is 0 Å². The van der Waals surface area contributed by atoms with Crippen molar-refractivity contribution < 1.29 is 23.8 Å². The Hall–Kier alpha value is -1.87. The Morgan fingerprint density at radius 1 is 1.33 bits per heavy atom. The van der Waals surface area contributed by atoms with Gasteiger partial charge in [-0.3, -0.25) is 0 Å². The summed E-state index contributed by atoms with van der Waals surface area (Å²) in [5, 5.41) is 3.05. The Balaban J connectivity index is 1.74. The molecule has 1 aromatic heterocycles. The number of amides is 1. The molecule has 8 nitrogen and oxygen atoms in total. The van der Waals surface area contributed by atoms with Crippen LogP contribution < -0.4 is 10.2 Å². The quantitative estimate of drug-likeness (QED) is 0.657. The smallest absolute Gasteiger partial charge is 0.407 e. The van der Waals surface area contributed by atoms with Gasteiger partial charge in [0.1, 0.15) is 5.60 Å². The predicted octanol–water partition coefficient (Wildman–Crippen LogP) is 3.53. The lowest BCUT2D eigenvalue weighted by molar-refractivity contribution is 0.0433. The molecule has 0 bridgehead atoms. The predicted molar refractivity (Wildman–Crippen MR) is 116 cm³/mol. The molecule has 0 radical (unpaired) electrons. The molecule has 3 heterocycles. The van der Waals surface area contributed by atoms with E-state index in [0.29, 0.717) is 25.4 Å². The van der Waals surface area contributed by atoms with E-state index in [9.17, 15) is 9.59 Å². The molecule has 3 rings (SSSR count). The topological polar surface area (TPSA) is 90.0 Å². The first-order chi connectivity index (χ1) is 14.0. The molecule has 1 amide bonds. The summed E-state index contributed by atoms with van der Waals surface area (Å²) in [6.07, 6.45) is 2.70. The molecular weight excluding hydrogens is 454 g/mol. The minimum Gasteiger partial charge on any atom is -0.464 e. The Morgan fingerprint density at radius 2 is 2.00 bits per heavy atom. The van der Waals surface area contributed by atoms with E-state index in [1.54, 1.807) is 6.20 Å². The molecule has 1 aromatic rings. The van der Waals surface area contributed by atoms with Gasteiger partial charge < -0.3 is 24.4 Å². The van der Waals surface area contributed by atoms with Crippen molar-refractivity contribution in [3.8, 4) is 0 Å². The van der Waals surface area contributed by atoms with Crippen LogP contribution in [-0.4, -0.2) is 61.6 Å². The van der Waals surface area contributed by atoms with Gasteiger partial charge in [0.05, 0.1) is 31.5 Å². The van der Waals surface area contributed by atoms with Crippen molar-refractivity contribution in [1.29, 1.82) is 0 Å². The molecule has 0 aromatic carbocycles. The summed E-state index contributed by atoms with van der Waals surface area (Å²) in [5.74, 6) is -0.458. The van der Waals surface area contributed by atoms with Gasteiger partial charge in [0.2, 0.25) is 0 Å². The second-order valence-electron chi connectivity index (χ2n) is 9.00. The van der Waals surface area contributed by atoms with Crippen molar-refractivity contribution in [2.24, 2.45) is 5.41 Å². The van der Waals surface area contributed by atoms with Crippen LogP contribution in [-0.2, 0) is 14.2 Å². The molecule has 1 spiro atoms. The monoisotopic (exact) mass is 483 g/mol. The summed E-state index contributed by atoms with van der Waals surface area (Å²) < 4.78 is 17.1. The van der Waals surface area contributed by atoms with Gasteiger partial charge in [0.25, 0.3) is 0 Å². The number of rotatable bonds is 3. The number of hydrogen-bond acceptors (Lipinski definition) is 7. The van der Waals surface area contributed by atoms with Gasteiger partial charge in [-0.25, -0.2) is 14.6 Å². The third-order valence-electron chi connectivity index (χ3n) is 5.75. The third-order valence-corrected chi connectivity index (χ3v) is 6.18. The summed E-state index contributed by atoms with van der Waals surface area (Å²) in [6, 6.07) is 1.76. The number of esters is 1. The zero-order chi connectivity index (χ0) is 22.1. The van der Waals surface area contributed by atoms with Crippen LogP contribution in [0.3, 0.4) is 0 Å². The van der Waals surface area contributed by atoms with Gasteiger partial charge in [-0.15, -0.1) is 0 Å². The molecule has 2 fully saturated rings. The number of halogens is 1. The summed E-state index contributed by atoms with van der Waals surface area (Å²) in [6.45, 7) is 9.54. The molecule has 2 aliphatic heterocycles. The summed E-state index contributed by atoms with van der Waals surface area (Å²) in [5.41, 5.74) is 0.324. The van der Waals surface area contributed by atoms with Crippen molar-refractivity contribution >= 4 is 33.7 Å². The molecule has 2 aliphatic rings. The lowest BCUT2D eigenvalue weighted by Crippen LogP contribution is -2.55. The summed E-state index contributed by atoms with van der Waals surface area (Å²) in [4.78, 5) is 31.0. The second kappa shape index (κ2) is 8.70. The highest BCUT2D eigenvalue weighted by Crippen LogP contribution is 2.43. The van der Waals surface area contributed by atoms with Crippen LogP contribution >= 0.6 is 15.9 Å². The van der Waals surface area contributed by atoms with Crippen molar-refractivity contribution in [3.05, 3.63) is 22.4 Å². The fourth-order valence-corrected chi connectivity index (χ4v) is 4.58. The molecular formula is C21H30BrN3O5. The molecule has 2 atom stereocenters. The minimum absolute atomic E-state index is 0.0952. The number of nitrogens with one attached hydrogen (secondary N) is 1. The van der Waals surface area contributed by atoms with E-state index in [2.05, 4.69) is 31.1 Å². The minimum atomic E-state index is -0.554. The number of methoxy groups -OCH3 is 1. The molecule has 30 heavy (non-hydrogen) atoms. The van der Waals surface area contributed by atoms with Crippen LogP contribution in [0.5, 0.6) is 0 Å². The summed E-state index contributed by atoms with van der Waals surface area (Å²) in [7, 11) is 1.35. The van der Waals surface area contributed by atoms with Crippen LogP contribution in [0.2, 0.25) is 0 Å². The third kappa shape index (κ3) is 4.88. The SMILES string of the molecule is COC(=O)c1ncc(Br)cc1N1CCC2(CC1)CO[C@@H](C)[C@H]2NC(=O)OC(C)(C)C. The highest BCUT2D eigenvalue weighted by atomic mass is 79.9. The normalized spacial score (nSPS) is 23.3. The zero-order valence-electron chi connectivity index (χ0n) is 18.2. The van der Waals surface area contributed by atoms with Gasteiger partial charge in [-0.05, 0) is 62.5 Å². The summed E-state index contributed by atoms with van der Waals surface area (Å²) >= 11 is 3.44. The van der Waals surface area contributed by atoms with E-state index in [0.717, 1.165) is 23.0 Å². The number of piperidine rings is 1. The van der Waals surface area contributed by atoms with Gasteiger partial charge >= 0.3 is 12.1 Å². The van der Waals surface area contributed by atoms with Crippen molar-refractivity contribution in [3.63, 3.8) is 0 Å². The zero-order valence-corrected chi connectivity index (χ0v) is 19.7. The number of aromatic nitrogens is 1. The number of ether oxygens (including phenoxy) is 3. The molecule has 9 heteroatoms. The molecule has 166 valence electrons. The maximum Gasteiger partial charge on any atom is 0.407 e. The Labute approximate surface area is 185 Å². The highest BCUT2D eigenvalue weighted by molar-refractivity contribution is 9.10. The van der Waals surface area contributed by atoms with E-state index in [1.165, 1.54) is 7.11 Å². The van der Waals surface area contributed by atoms with Crippen LogP contribution in [0.25, 0.3) is 0 Å². The highest BCUT2D eigenvalue weighted by Gasteiger charge is 2.50. The molecule has 0 unspecified atom stereocenters. The average Bonchev–Trinajstić information content (AvgIpc) is 2.96. The number of carbonyl (C=O) groups is 2. The Bertz CT molecular complexity index is 802. The lowest BCUT2D eigenvalue weighted by atomic mass is 9.73. The number of nitrogens with zero attached hydrogens (tertiary/aromatic N) is 2. The van der Waals surface area contributed by atoms with E-state index in [-0.39, 0.29) is 17.6 Å². The Kier molecular flexibility index (Phi) is 6.62.